The number of aliphatic hydroxyl groups excluding tert-OH is 1. The van der Waals surface area contributed by atoms with E-state index in [-0.39, 0.29) is 49.1 Å². The first kappa shape index (κ1) is 22.6. The van der Waals surface area contributed by atoms with E-state index in [4.69, 9.17) is 14.2 Å². The van der Waals surface area contributed by atoms with Crippen LogP contribution in [0.15, 0.2) is 12.2 Å². The predicted molar refractivity (Wildman–Crippen MR) is 103 cm³/mol. The number of hydrogen-bond donors (Lipinski definition) is 1. The summed E-state index contributed by atoms with van der Waals surface area (Å²) < 4.78 is 45.7. The normalized spacial score (nSPS) is 33.8. The molecule has 6 atom stereocenters. The predicted octanol–water partition coefficient (Wildman–Crippen LogP) is 4.37. The lowest BCUT2D eigenvalue weighted by atomic mass is 9.90. The molecule has 3 unspecified atom stereocenters. The van der Waals surface area contributed by atoms with Gasteiger partial charge in [-0.3, -0.25) is 4.79 Å². The van der Waals surface area contributed by atoms with Crippen LogP contribution in [0, 0.1) is 11.8 Å². The number of unbranched alkanes of at least 4 members (excludes halogenated alkanes) is 3. The van der Waals surface area contributed by atoms with Crippen LogP contribution < -0.4 is 0 Å². The van der Waals surface area contributed by atoms with Crippen LogP contribution in [0.3, 0.4) is 0 Å². The van der Waals surface area contributed by atoms with Crippen LogP contribution in [0.5, 0.6) is 0 Å². The first-order valence-electron chi connectivity index (χ1n) is 11.1. The summed E-state index contributed by atoms with van der Waals surface area (Å²) >= 11 is 0. The zero-order valence-electron chi connectivity index (χ0n) is 17.2. The van der Waals surface area contributed by atoms with Crippen molar-refractivity contribution in [2.75, 3.05) is 6.61 Å². The highest BCUT2D eigenvalue weighted by Gasteiger charge is 2.50. The van der Waals surface area contributed by atoms with E-state index in [0.29, 0.717) is 19.4 Å². The van der Waals surface area contributed by atoms with Crippen molar-refractivity contribution in [3.05, 3.63) is 12.2 Å². The third-order valence-corrected chi connectivity index (χ3v) is 6.33. The number of carbonyl (C=O) groups excluding carboxylic acids is 1. The van der Waals surface area contributed by atoms with E-state index in [1.807, 2.05) is 6.92 Å². The fourth-order valence-electron chi connectivity index (χ4n) is 4.63. The number of hydrogen-bond acceptors (Lipinski definition) is 5. The standard InChI is InChI=1S/C22H34F2O5/c1-2-3-4-6-11-22(23,24)19(25)10-9-15-16-13-20(26)28-18(16)14-17(15)29-21-8-5-7-12-27-21/h9-10,15-19,21,25H,2-8,11-14H2,1H3/b10-9+/t15-,16-,17-,18?,19?,21?/m1/s1. The molecule has 0 aromatic carbocycles. The lowest BCUT2D eigenvalue weighted by Gasteiger charge is -2.29. The second-order valence-corrected chi connectivity index (χ2v) is 8.58. The molecule has 0 bridgehead atoms. The van der Waals surface area contributed by atoms with Gasteiger partial charge in [0.1, 0.15) is 12.2 Å². The minimum Gasteiger partial charge on any atom is -0.462 e. The fraction of sp³-hybridized carbons (Fsp3) is 0.864. The number of fused-ring (bicyclic) bond motifs is 1. The Hall–Kier alpha value is -1.05. The van der Waals surface area contributed by atoms with Crippen LogP contribution in [0.1, 0.15) is 71.1 Å². The zero-order valence-corrected chi connectivity index (χ0v) is 17.2. The van der Waals surface area contributed by atoms with Gasteiger partial charge in [0.25, 0.3) is 5.92 Å². The molecule has 3 aliphatic rings. The van der Waals surface area contributed by atoms with Crippen molar-refractivity contribution >= 4 is 5.97 Å². The van der Waals surface area contributed by atoms with E-state index in [0.717, 1.165) is 38.5 Å². The van der Waals surface area contributed by atoms with Crippen LogP contribution in [-0.4, -0.2) is 48.2 Å². The van der Waals surface area contributed by atoms with Gasteiger partial charge in [-0.15, -0.1) is 0 Å². The van der Waals surface area contributed by atoms with Gasteiger partial charge in [-0.2, -0.15) is 0 Å². The summed E-state index contributed by atoms with van der Waals surface area (Å²) in [7, 11) is 0. The average molecular weight is 417 g/mol. The number of rotatable bonds is 10. The number of aliphatic hydroxyl groups is 1. The minimum absolute atomic E-state index is 0.0993. The van der Waals surface area contributed by atoms with Gasteiger partial charge in [-0.05, 0) is 25.7 Å². The molecule has 0 amide bonds. The fourth-order valence-corrected chi connectivity index (χ4v) is 4.63. The summed E-state index contributed by atoms with van der Waals surface area (Å²) in [5.41, 5.74) is 0. The van der Waals surface area contributed by atoms with Gasteiger partial charge in [-0.25, -0.2) is 8.78 Å². The molecule has 0 aromatic heterocycles. The largest absolute Gasteiger partial charge is 0.462 e. The smallest absolute Gasteiger partial charge is 0.306 e. The van der Waals surface area contributed by atoms with Gasteiger partial charge in [0, 0.05) is 31.3 Å². The van der Waals surface area contributed by atoms with Crippen LogP contribution in [0.25, 0.3) is 0 Å². The van der Waals surface area contributed by atoms with Gasteiger partial charge in [-0.1, -0.05) is 38.3 Å². The molecule has 0 radical (unpaired) electrons. The van der Waals surface area contributed by atoms with E-state index in [1.54, 1.807) is 6.08 Å². The third-order valence-electron chi connectivity index (χ3n) is 6.33. The van der Waals surface area contributed by atoms with Gasteiger partial charge in [0.2, 0.25) is 0 Å². The van der Waals surface area contributed by atoms with E-state index >= 15 is 0 Å². The molecule has 1 saturated carbocycles. The zero-order chi connectivity index (χ0) is 20.9. The molecule has 2 aliphatic heterocycles. The monoisotopic (exact) mass is 416 g/mol. The van der Waals surface area contributed by atoms with Crippen LogP contribution in [-0.2, 0) is 19.0 Å². The summed E-state index contributed by atoms with van der Waals surface area (Å²) in [5.74, 6) is -3.76. The highest BCUT2D eigenvalue weighted by molar-refractivity contribution is 5.72. The maximum absolute atomic E-state index is 14.3. The van der Waals surface area contributed by atoms with Crippen LogP contribution in [0.4, 0.5) is 8.78 Å². The summed E-state index contributed by atoms with van der Waals surface area (Å²) in [5, 5.41) is 10.1. The molecular weight excluding hydrogens is 382 g/mol. The number of alkyl halides is 2. The molecule has 3 rings (SSSR count). The maximum atomic E-state index is 14.3. The number of esters is 1. The molecule has 3 fully saturated rings. The molecule has 2 saturated heterocycles. The highest BCUT2D eigenvalue weighted by atomic mass is 19.3. The Bertz CT molecular complexity index is 561. The molecule has 166 valence electrons. The summed E-state index contributed by atoms with van der Waals surface area (Å²) in [6.07, 6.45) is 6.50. The third kappa shape index (κ3) is 5.98. The molecule has 29 heavy (non-hydrogen) atoms. The van der Waals surface area contributed by atoms with Gasteiger partial charge < -0.3 is 19.3 Å². The van der Waals surface area contributed by atoms with Crippen molar-refractivity contribution in [2.24, 2.45) is 11.8 Å². The number of ether oxygens (including phenoxy) is 3. The van der Waals surface area contributed by atoms with Gasteiger partial charge in [0.15, 0.2) is 6.29 Å². The summed E-state index contributed by atoms with van der Waals surface area (Å²) in [4.78, 5) is 11.7. The van der Waals surface area contributed by atoms with E-state index in [2.05, 4.69) is 0 Å². The second kappa shape index (κ2) is 10.3. The van der Waals surface area contributed by atoms with Gasteiger partial charge in [0.05, 0.1) is 12.5 Å². The van der Waals surface area contributed by atoms with Crippen molar-refractivity contribution < 1.29 is 32.9 Å². The van der Waals surface area contributed by atoms with Crippen molar-refractivity contribution in [1.82, 2.24) is 0 Å². The Morgan fingerprint density at radius 3 is 2.86 bits per heavy atom. The van der Waals surface area contributed by atoms with Gasteiger partial charge >= 0.3 is 5.97 Å². The Kier molecular flexibility index (Phi) is 8.05. The Morgan fingerprint density at radius 1 is 1.31 bits per heavy atom. The first-order chi connectivity index (χ1) is 13.9. The van der Waals surface area contributed by atoms with E-state index in [9.17, 15) is 18.7 Å². The molecule has 0 spiro atoms. The summed E-state index contributed by atoms with van der Waals surface area (Å²) in [6.45, 7) is 2.68. The van der Waals surface area contributed by atoms with Crippen molar-refractivity contribution in [1.29, 1.82) is 0 Å². The summed E-state index contributed by atoms with van der Waals surface area (Å²) in [6, 6.07) is 0. The molecule has 2 heterocycles. The minimum atomic E-state index is -3.16. The van der Waals surface area contributed by atoms with E-state index < -0.39 is 12.0 Å². The second-order valence-electron chi connectivity index (χ2n) is 8.58. The first-order valence-corrected chi connectivity index (χ1v) is 11.1. The maximum Gasteiger partial charge on any atom is 0.306 e. The Morgan fingerprint density at radius 2 is 2.14 bits per heavy atom. The Labute approximate surface area is 171 Å². The highest BCUT2D eigenvalue weighted by Crippen LogP contribution is 2.44. The van der Waals surface area contributed by atoms with Crippen molar-refractivity contribution in [3.63, 3.8) is 0 Å². The molecule has 7 heteroatoms. The molecule has 5 nitrogen and oxygen atoms in total. The molecule has 1 aliphatic carbocycles. The lowest BCUT2D eigenvalue weighted by molar-refractivity contribution is -0.194. The SMILES string of the molecule is CCCCCCC(F)(F)C(O)/C=C/[C@H]1[C@H](OC2CCCCO2)CC2OC(=O)C[C@@H]21. The molecular formula is C22H34F2O5. The topological polar surface area (TPSA) is 65.0 Å². The van der Waals surface area contributed by atoms with E-state index in [1.165, 1.54) is 6.08 Å². The van der Waals surface area contributed by atoms with Crippen molar-refractivity contribution in [3.8, 4) is 0 Å². The molecule has 1 N–H and O–H groups in total. The Balaban J connectivity index is 1.61. The molecule has 0 aromatic rings. The van der Waals surface area contributed by atoms with Crippen LogP contribution in [0.2, 0.25) is 0 Å². The average Bonchev–Trinajstić information content (AvgIpc) is 3.19. The number of carbonyl (C=O) groups is 1. The lowest BCUT2D eigenvalue weighted by Crippen LogP contribution is -2.33. The number of halogens is 2. The van der Waals surface area contributed by atoms with Crippen LogP contribution >= 0.6 is 0 Å². The quantitative estimate of drug-likeness (QED) is 0.325. The van der Waals surface area contributed by atoms with Crippen molar-refractivity contribution in [2.45, 2.75) is 102 Å².